The van der Waals surface area contributed by atoms with Gasteiger partial charge >= 0.3 is 0 Å². The van der Waals surface area contributed by atoms with Crippen molar-refractivity contribution in [3.05, 3.63) is 41.5 Å². The van der Waals surface area contributed by atoms with Gasteiger partial charge in [-0.1, -0.05) is 56.8 Å². The monoisotopic (exact) mass is 455 g/mol. The topological polar surface area (TPSA) is 100 Å². The second-order valence-electron chi connectivity index (χ2n) is 8.90. The molecule has 2 amide bonds. The number of amides is 2. The maximum atomic E-state index is 12.5. The molecule has 1 aliphatic carbocycles. The number of nitrogens with one attached hydrogen (secondary N) is 2. The van der Waals surface area contributed by atoms with Crippen molar-refractivity contribution < 1.29 is 14.1 Å². The van der Waals surface area contributed by atoms with E-state index in [1.807, 2.05) is 18.2 Å². The van der Waals surface area contributed by atoms with E-state index in [1.54, 1.807) is 0 Å². The van der Waals surface area contributed by atoms with Crippen molar-refractivity contribution in [2.45, 2.75) is 84.2 Å². The minimum Gasteiger partial charge on any atom is -0.343 e. The minimum atomic E-state index is -0.572. The van der Waals surface area contributed by atoms with Crippen LogP contribution in [-0.4, -0.2) is 39.9 Å². The fraction of sp³-hybridized carbons (Fsp3) is 0.600. The van der Waals surface area contributed by atoms with E-state index >= 15 is 0 Å². The highest BCUT2D eigenvalue weighted by Gasteiger charge is 2.38. The minimum absolute atomic E-state index is 0.0918. The smallest absolute Gasteiger partial charge is 0.227 e. The first-order valence-electron chi connectivity index (χ1n) is 12.2. The summed E-state index contributed by atoms with van der Waals surface area (Å²) < 4.78 is 5.46. The molecule has 0 atom stereocenters. The lowest BCUT2D eigenvalue weighted by Gasteiger charge is -2.30. The van der Waals surface area contributed by atoms with Crippen LogP contribution < -0.4 is 10.6 Å². The fourth-order valence-corrected chi connectivity index (χ4v) is 4.52. The average Bonchev–Trinajstić information content (AvgIpc) is 3.16. The third-order valence-electron chi connectivity index (χ3n) is 6.35. The second-order valence-corrected chi connectivity index (χ2v) is 8.90. The van der Waals surface area contributed by atoms with Crippen molar-refractivity contribution in [2.75, 3.05) is 18.4 Å². The molecule has 180 valence electrons. The molecule has 2 N–H and O–H groups in total. The number of aryl methyl sites for hydroxylation is 1. The maximum absolute atomic E-state index is 12.5. The Kier molecular flexibility index (Phi) is 9.00. The standard InChI is InChI=1S/C25H37N5O3/c1-4-30(5-2)18-20-11-10-12-21(17-20)26-22(32)13-14-23-27-24(29-33-23)25(28-19(3)31)15-8-6-7-9-16-25/h10-12,17H,4-9,13-16,18H2,1-3H3,(H,26,32)(H,28,31). The third-order valence-corrected chi connectivity index (χ3v) is 6.35. The van der Waals surface area contributed by atoms with E-state index in [-0.39, 0.29) is 18.2 Å². The van der Waals surface area contributed by atoms with Crippen molar-refractivity contribution in [3.63, 3.8) is 0 Å². The summed E-state index contributed by atoms with van der Waals surface area (Å²) in [4.78, 5) is 31.3. The van der Waals surface area contributed by atoms with Gasteiger partial charge in [-0.2, -0.15) is 4.98 Å². The van der Waals surface area contributed by atoms with Gasteiger partial charge in [-0.25, -0.2) is 0 Å². The van der Waals surface area contributed by atoms with Crippen LogP contribution in [0.25, 0.3) is 0 Å². The van der Waals surface area contributed by atoms with Gasteiger partial charge in [-0.3, -0.25) is 14.5 Å². The fourth-order valence-electron chi connectivity index (χ4n) is 4.52. The summed E-state index contributed by atoms with van der Waals surface area (Å²) in [6.45, 7) is 8.65. The van der Waals surface area contributed by atoms with E-state index in [2.05, 4.69) is 45.6 Å². The van der Waals surface area contributed by atoms with E-state index in [1.165, 1.54) is 12.5 Å². The van der Waals surface area contributed by atoms with Gasteiger partial charge in [0.2, 0.25) is 17.7 Å². The Morgan fingerprint density at radius 1 is 1.12 bits per heavy atom. The average molecular weight is 456 g/mol. The third kappa shape index (κ3) is 7.12. The molecule has 1 saturated carbocycles. The highest BCUT2D eigenvalue weighted by atomic mass is 16.5. The number of carbonyl (C=O) groups is 2. The summed E-state index contributed by atoms with van der Waals surface area (Å²) in [5.41, 5.74) is 1.39. The second kappa shape index (κ2) is 11.9. The normalized spacial score (nSPS) is 15.8. The maximum Gasteiger partial charge on any atom is 0.227 e. The Morgan fingerprint density at radius 3 is 2.52 bits per heavy atom. The molecule has 8 heteroatoms. The number of rotatable bonds is 10. The highest BCUT2D eigenvalue weighted by molar-refractivity contribution is 5.90. The SMILES string of the molecule is CCN(CC)Cc1cccc(NC(=O)CCc2nc(C3(NC(C)=O)CCCCCC3)no2)c1. The van der Waals surface area contributed by atoms with Crippen LogP contribution in [0, 0.1) is 0 Å². The highest BCUT2D eigenvalue weighted by Crippen LogP contribution is 2.34. The van der Waals surface area contributed by atoms with Crippen molar-refractivity contribution in [1.82, 2.24) is 20.4 Å². The molecular formula is C25H37N5O3. The molecular weight excluding hydrogens is 418 g/mol. The first kappa shape index (κ1) is 24.9. The Hall–Kier alpha value is -2.74. The van der Waals surface area contributed by atoms with E-state index in [0.29, 0.717) is 18.1 Å². The van der Waals surface area contributed by atoms with Gasteiger partial charge in [0, 0.05) is 32.0 Å². The van der Waals surface area contributed by atoms with Crippen molar-refractivity contribution in [3.8, 4) is 0 Å². The van der Waals surface area contributed by atoms with Crippen LogP contribution in [0.15, 0.2) is 28.8 Å². The number of nitrogens with zero attached hydrogens (tertiary/aromatic N) is 3. The Morgan fingerprint density at radius 2 is 1.85 bits per heavy atom. The van der Waals surface area contributed by atoms with Crippen LogP contribution in [0.2, 0.25) is 0 Å². The Bertz CT molecular complexity index is 914. The van der Waals surface area contributed by atoms with Gasteiger partial charge in [0.1, 0.15) is 5.54 Å². The lowest BCUT2D eigenvalue weighted by molar-refractivity contribution is -0.121. The number of hydrogen-bond acceptors (Lipinski definition) is 6. The molecule has 1 aromatic heterocycles. The van der Waals surface area contributed by atoms with Crippen LogP contribution in [0.4, 0.5) is 5.69 Å². The molecule has 8 nitrogen and oxygen atoms in total. The summed E-state index contributed by atoms with van der Waals surface area (Å²) in [6, 6.07) is 7.96. The Balaban J connectivity index is 1.58. The molecule has 0 bridgehead atoms. The quantitative estimate of drug-likeness (QED) is 0.522. The number of hydrogen-bond donors (Lipinski definition) is 2. The van der Waals surface area contributed by atoms with Crippen molar-refractivity contribution in [2.24, 2.45) is 0 Å². The molecule has 0 unspecified atom stereocenters. The van der Waals surface area contributed by atoms with Crippen LogP contribution in [0.3, 0.4) is 0 Å². The molecule has 3 rings (SSSR count). The molecule has 0 radical (unpaired) electrons. The predicted molar refractivity (Wildman–Crippen MR) is 128 cm³/mol. The van der Waals surface area contributed by atoms with Gasteiger partial charge in [0.25, 0.3) is 0 Å². The zero-order chi connectivity index (χ0) is 23.7. The first-order valence-corrected chi connectivity index (χ1v) is 12.2. The molecule has 0 spiro atoms. The van der Waals surface area contributed by atoms with Crippen LogP contribution in [0.5, 0.6) is 0 Å². The van der Waals surface area contributed by atoms with Crippen LogP contribution in [-0.2, 0) is 28.1 Å². The number of benzene rings is 1. The molecule has 0 aliphatic heterocycles. The molecule has 1 aromatic carbocycles. The molecule has 1 heterocycles. The van der Waals surface area contributed by atoms with Gasteiger partial charge < -0.3 is 15.2 Å². The summed E-state index contributed by atoms with van der Waals surface area (Å²) in [5.74, 6) is 0.759. The van der Waals surface area contributed by atoms with Crippen molar-refractivity contribution in [1.29, 1.82) is 0 Å². The molecule has 2 aromatic rings. The lowest BCUT2D eigenvalue weighted by atomic mass is 9.89. The number of aromatic nitrogens is 2. The van der Waals surface area contributed by atoms with Gasteiger partial charge in [-0.15, -0.1) is 0 Å². The predicted octanol–water partition coefficient (Wildman–Crippen LogP) is 4.17. The summed E-state index contributed by atoms with van der Waals surface area (Å²) in [7, 11) is 0. The number of anilines is 1. The largest absolute Gasteiger partial charge is 0.343 e. The summed E-state index contributed by atoms with van der Waals surface area (Å²) in [6.07, 6.45) is 6.51. The summed E-state index contributed by atoms with van der Waals surface area (Å²) in [5, 5.41) is 10.2. The Labute approximate surface area is 196 Å². The van der Waals surface area contributed by atoms with Gasteiger partial charge in [0.05, 0.1) is 0 Å². The molecule has 0 saturated heterocycles. The van der Waals surface area contributed by atoms with Crippen LogP contribution >= 0.6 is 0 Å². The van der Waals surface area contributed by atoms with Crippen molar-refractivity contribution >= 4 is 17.5 Å². The molecule has 1 fully saturated rings. The van der Waals surface area contributed by atoms with E-state index in [4.69, 9.17) is 4.52 Å². The van der Waals surface area contributed by atoms with E-state index in [0.717, 1.165) is 63.8 Å². The first-order chi connectivity index (χ1) is 15.9. The zero-order valence-electron chi connectivity index (χ0n) is 20.2. The summed E-state index contributed by atoms with van der Waals surface area (Å²) >= 11 is 0. The number of carbonyl (C=O) groups excluding carboxylic acids is 2. The lowest BCUT2D eigenvalue weighted by Crippen LogP contribution is -2.45. The van der Waals surface area contributed by atoms with E-state index < -0.39 is 5.54 Å². The van der Waals surface area contributed by atoms with Crippen LogP contribution in [0.1, 0.15) is 83.0 Å². The molecule has 33 heavy (non-hydrogen) atoms. The van der Waals surface area contributed by atoms with Gasteiger partial charge in [-0.05, 0) is 43.6 Å². The van der Waals surface area contributed by atoms with E-state index in [9.17, 15) is 9.59 Å². The molecule has 1 aliphatic rings. The van der Waals surface area contributed by atoms with Gasteiger partial charge in [0.15, 0.2) is 5.82 Å². The zero-order valence-corrected chi connectivity index (χ0v) is 20.2.